The van der Waals surface area contributed by atoms with E-state index in [1.165, 1.54) is 16.2 Å². The Kier molecular flexibility index (Phi) is 6.70. The fraction of sp³-hybridized carbons (Fsp3) is 0.350. The molecule has 0 spiro atoms. The molecule has 3 amide bonds. The van der Waals surface area contributed by atoms with Crippen molar-refractivity contribution in [1.29, 1.82) is 0 Å². The molecule has 1 aliphatic rings. The molecule has 1 fully saturated rings. The maximum absolute atomic E-state index is 13.0. The summed E-state index contributed by atoms with van der Waals surface area (Å²) in [7, 11) is 1.58. The van der Waals surface area contributed by atoms with Crippen molar-refractivity contribution in [3.63, 3.8) is 0 Å². The summed E-state index contributed by atoms with van der Waals surface area (Å²) in [5, 5.41) is 4.99. The molecule has 28 heavy (non-hydrogen) atoms. The van der Waals surface area contributed by atoms with Crippen LogP contribution in [0.4, 0.5) is 5.69 Å². The van der Waals surface area contributed by atoms with Crippen molar-refractivity contribution < 1.29 is 14.4 Å². The topological polar surface area (TPSA) is 69.7 Å². The Morgan fingerprint density at radius 3 is 2.71 bits per heavy atom. The van der Waals surface area contributed by atoms with E-state index in [1.54, 1.807) is 42.3 Å². The number of nitrogens with one attached hydrogen (secondary N) is 1. The molecule has 1 N–H and O–H groups in total. The average molecular weight is 420 g/mol. The zero-order valence-electron chi connectivity index (χ0n) is 15.6. The second-order valence-corrected chi connectivity index (χ2v) is 8.06. The molecule has 1 atom stereocenters. The maximum Gasteiger partial charge on any atom is 0.264 e. The summed E-state index contributed by atoms with van der Waals surface area (Å²) in [5.74, 6) is -0.684. The molecule has 0 radical (unpaired) electrons. The number of para-hydroxylation sites is 1. The van der Waals surface area contributed by atoms with Gasteiger partial charge in [0, 0.05) is 13.6 Å². The zero-order valence-corrected chi connectivity index (χ0v) is 17.1. The Hall–Kier alpha value is -2.38. The summed E-state index contributed by atoms with van der Waals surface area (Å²) in [5.41, 5.74) is 0.502. The Morgan fingerprint density at radius 2 is 2.00 bits per heavy atom. The van der Waals surface area contributed by atoms with Crippen LogP contribution >= 0.6 is 22.9 Å². The minimum Gasteiger partial charge on any atom is -0.335 e. The number of thiophene rings is 1. The van der Waals surface area contributed by atoms with E-state index in [2.05, 4.69) is 5.32 Å². The first-order valence-electron chi connectivity index (χ1n) is 9.11. The van der Waals surface area contributed by atoms with Crippen molar-refractivity contribution in [2.24, 2.45) is 0 Å². The normalized spacial score (nSPS) is 16.5. The highest BCUT2D eigenvalue weighted by Crippen LogP contribution is 2.23. The number of carbonyl (C=O) groups is 3. The molecule has 0 saturated carbocycles. The predicted molar refractivity (Wildman–Crippen MR) is 111 cm³/mol. The molecule has 1 saturated heterocycles. The molecule has 8 heteroatoms. The number of hydrogen-bond acceptors (Lipinski definition) is 4. The third kappa shape index (κ3) is 4.72. The molecule has 2 heterocycles. The number of anilines is 1. The monoisotopic (exact) mass is 419 g/mol. The van der Waals surface area contributed by atoms with E-state index in [0.717, 1.165) is 12.8 Å². The number of amides is 3. The number of carbonyl (C=O) groups excluding carboxylic acids is 3. The van der Waals surface area contributed by atoms with Crippen molar-refractivity contribution in [2.45, 2.75) is 25.3 Å². The van der Waals surface area contributed by atoms with E-state index in [-0.39, 0.29) is 24.3 Å². The van der Waals surface area contributed by atoms with Gasteiger partial charge in [-0.15, -0.1) is 11.3 Å². The standard InChI is InChI=1S/C20H22ClN3O3S/c1-23(13-18(25)22-15-8-3-2-7-14(15)21)19(26)16-9-4-5-11-24(16)20(27)17-10-6-12-28-17/h2-3,6-8,10,12,16H,4-5,9,11,13H2,1H3,(H,22,25)/t16-/m0/s1. The third-order valence-electron chi connectivity index (χ3n) is 4.69. The predicted octanol–water partition coefficient (Wildman–Crippen LogP) is 3.49. The van der Waals surface area contributed by atoms with E-state index < -0.39 is 6.04 Å². The second kappa shape index (κ2) is 9.21. The molecule has 1 aromatic carbocycles. The Labute approximate surface area is 173 Å². The molecule has 0 bridgehead atoms. The van der Waals surface area contributed by atoms with E-state index >= 15 is 0 Å². The van der Waals surface area contributed by atoms with Crippen LogP contribution < -0.4 is 5.32 Å². The van der Waals surface area contributed by atoms with Crippen LogP contribution in [-0.2, 0) is 9.59 Å². The molecule has 3 rings (SSSR count). The fourth-order valence-corrected chi connectivity index (χ4v) is 4.14. The van der Waals surface area contributed by atoms with E-state index in [1.807, 2.05) is 11.4 Å². The van der Waals surface area contributed by atoms with Crippen LogP contribution in [0, 0.1) is 0 Å². The Balaban J connectivity index is 1.64. The SMILES string of the molecule is CN(CC(=O)Nc1ccccc1Cl)C(=O)[C@@H]1CCCCN1C(=O)c1cccs1. The quantitative estimate of drug-likeness (QED) is 0.806. The average Bonchev–Trinajstić information content (AvgIpc) is 3.23. The van der Waals surface area contributed by atoms with Gasteiger partial charge in [0.05, 0.1) is 22.1 Å². The van der Waals surface area contributed by atoms with Crippen molar-refractivity contribution in [1.82, 2.24) is 9.80 Å². The summed E-state index contributed by atoms with van der Waals surface area (Å²) in [4.78, 5) is 41.7. The highest BCUT2D eigenvalue weighted by atomic mass is 35.5. The largest absolute Gasteiger partial charge is 0.335 e. The summed E-state index contributed by atoms with van der Waals surface area (Å²) in [6.45, 7) is 0.439. The van der Waals surface area contributed by atoms with Crippen molar-refractivity contribution >= 4 is 46.3 Å². The van der Waals surface area contributed by atoms with Gasteiger partial charge in [-0.05, 0) is 42.8 Å². The first-order chi connectivity index (χ1) is 13.5. The molecule has 1 aliphatic heterocycles. The summed E-state index contributed by atoms with van der Waals surface area (Å²) < 4.78 is 0. The zero-order chi connectivity index (χ0) is 20.1. The first-order valence-corrected chi connectivity index (χ1v) is 10.4. The molecule has 0 aliphatic carbocycles. The number of likely N-dealkylation sites (N-methyl/N-ethyl adjacent to an activating group) is 1. The molecular formula is C20H22ClN3O3S. The van der Waals surface area contributed by atoms with Gasteiger partial charge in [0.1, 0.15) is 6.04 Å². The van der Waals surface area contributed by atoms with Gasteiger partial charge in [0.2, 0.25) is 11.8 Å². The van der Waals surface area contributed by atoms with E-state index in [0.29, 0.717) is 28.6 Å². The number of rotatable bonds is 5. The van der Waals surface area contributed by atoms with Crippen LogP contribution in [-0.4, -0.2) is 53.7 Å². The fourth-order valence-electron chi connectivity index (χ4n) is 3.27. The van der Waals surface area contributed by atoms with Gasteiger partial charge in [-0.25, -0.2) is 0 Å². The minimum absolute atomic E-state index is 0.110. The maximum atomic E-state index is 13.0. The molecule has 1 aromatic heterocycles. The number of nitrogens with zero attached hydrogens (tertiary/aromatic N) is 2. The Bertz CT molecular complexity index is 856. The number of piperidine rings is 1. The van der Waals surface area contributed by atoms with Crippen LogP contribution in [0.3, 0.4) is 0 Å². The van der Waals surface area contributed by atoms with Crippen molar-refractivity contribution in [2.75, 3.05) is 25.5 Å². The molecule has 6 nitrogen and oxygen atoms in total. The lowest BCUT2D eigenvalue weighted by molar-refractivity contribution is -0.138. The van der Waals surface area contributed by atoms with E-state index in [9.17, 15) is 14.4 Å². The molecule has 2 aromatic rings. The van der Waals surface area contributed by atoms with Crippen LogP contribution in [0.5, 0.6) is 0 Å². The highest BCUT2D eigenvalue weighted by molar-refractivity contribution is 7.12. The van der Waals surface area contributed by atoms with Gasteiger partial charge in [0.15, 0.2) is 0 Å². The van der Waals surface area contributed by atoms with Gasteiger partial charge in [-0.1, -0.05) is 29.8 Å². The van der Waals surface area contributed by atoms with Gasteiger partial charge in [-0.3, -0.25) is 14.4 Å². The lowest BCUT2D eigenvalue weighted by Crippen LogP contribution is -2.53. The van der Waals surface area contributed by atoms with Gasteiger partial charge >= 0.3 is 0 Å². The molecule has 0 unspecified atom stereocenters. The van der Waals surface area contributed by atoms with Gasteiger partial charge in [0.25, 0.3) is 5.91 Å². The molecular weight excluding hydrogens is 398 g/mol. The van der Waals surface area contributed by atoms with Crippen LogP contribution in [0.15, 0.2) is 41.8 Å². The minimum atomic E-state index is -0.540. The number of hydrogen-bond donors (Lipinski definition) is 1. The van der Waals surface area contributed by atoms with Crippen LogP contribution in [0.25, 0.3) is 0 Å². The van der Waals surface area contributed by atoms with Crippen molar-refractivity contribution in [3.8, 4) is 0 Å². The number of benzene rings is 1. The summed E-state index contributed by atoms with van der Waals surface area (Å²) in [6.07, 6.45) is 2.36. The van der Waals surface area contributed by atoms with Gasteiger partial charge < -0.3 is 15.1 Å². The summed E-state index contributed by atoms with van der Waals surface area (Å²) in [6, 6.07) is 9.98. The lowest BCUT2D eigenvalue weighted by atomic mass is 10.0. The molecule has 148 valence electrons. The van der Waals surface area contributed by atoms with Crippen LogP contribution in [0.1, 0.15) is 28.9 Å². The lowest BCUT2D eigenvalue weighted by Gasteiger charge is -2.36. The first kappa shape index (κ1) is 20.4. The third-order valence-corrected chi connectivity index (χ3v) is 5.87. The van der Waals surface area contributed by atoms with Gasteiger partial charge in [-0.2, -0.15) is 0 Å². The highest BCUT2D eigenvalue weighted by Gasteiger charge is 2.35. The number of likely N-dealkylation sites (tertiary alicyclic amines) is 1. The van der Waals surface area contributed by atoms with Crippen LogP contribution in [0.2, 0.25) is 5.02 Å². The smallest absolute Gasteiger partial charge is 0.264 e. The Morgan fingerprint density at radius 1 is 1.21 bits per heavy atom. The van der Waals surface area contributed by atoms with E-state index in [4.69, 9.17) is 11.6 Å². The summed E-state index contributed by atoms with van der Waals surface area (Å²) >= 11 is 7.42. The van der Waals surface area contributed by atoms with Crippen molar-refractivity contribution in [3.05, 3.63) is 51.7 Å². The number of halogens is 1. The second-order valence-electron chi connectivity index (χ2n) is 6.71.